The number of ether oxygens (including phenoxy) is 1. The Labute approximate surface area is 442 Å². The van der Waals surface area contributed by atoms with Crippen molar-refractivity contribution in [1.82, 2.24) is 46.4 Å². The summed E-state index contributed by atoms with van der Waals surface area (Å²) in [6.07, 6.45) is 9.84. The minimum atomic E-state index is -0.872. The maximum Gasteiger partial charge on any atom is 0.254 e. The maximum absolute atomic E-state index is 14.0. The number of rotatable bonds is 25. The Morgan fingerprint density at radius 3 is 2.09 bits per heavy atom. The Bertz CT molecular complexity index is 2760. The number of aryl methyl sites for hydroxylation is 1. The van der Waals surface area contributed by atoms with Crippen LogP contribution in [0, 0.1) is 12.3 Å². The number of hydrogen-bond donors (Lipinski definition) is 8. The molecule has 75 heavy (non-hydrogen) atoms. The number of nitrogens with one attached hydrogen (secondary N) is 7. The van der Waals surface area contributed by atoms with Crippen molar-refractivity contribution in [2.75, 3.05) is 44.9 Å². The lowest BCUT2D eigenvalue weighted by atomic mass is 9.85. The average Bonchev–Trinajstić information content (AvgIpc) is 4.03. The number of amides is 6. The highest BCUT2D eigenvalue weighted by molar-refractivity contribution is 7.13. The number of unbranched alkanes of at least 4 members (excludes halogenated alkanes) is 7. The number of benzene rings is 2. The van der Waals surface area contributed by atoms with Gasteiger partial charge in [-0.05, 0) is 60.6 Å². The maximum atomic E-state index is 14.0. The Balaban J connectivity index is 0.860. The lowest BCUT2D eigenvalue weighted by Crippen LogP contribution is -2.57. The van der Waals surface area contributed by atoms with Gasteiger partial charge in [0.2, 0.25) is 17.7 Å². The SMILES string of the molecule is CNC(=O)c1cnc(Nc2ccc(C(=O)NCCCCCCCCCCC(=O)N[C@H](C(=O)N3C[C@H](O)C[C@H]3C(=O)NCc3ccc(-c4scnc4C)cc3)C(C)(C)C)cn2)cc1Nc1cccc(C(=O)NC)c1OC. The van der Waals surface area contributed by atoms with Gasteiger partial charge >= 0.3 is 0 Å². The molecule has 2 aromatic carbocycles. The van der Waals surface area contributed by atoms with Crippen molar-refractivity contribution in [3.63, 3.8) is 0 Å². The van der Waals surface area contributed by atoms with Crippen LogP contribution >= 0.6 is 11.3 Å². The molecule has 1 aliphatic rings. The van der Waals surface area contributed by atoms with Crippen molar-refractivity contribution >= 4 is 69.8 Å². The zero-order valence-corrected chi connectivity index (χ0v) is 44.7. The number of methoxy groups -OCH3 is 1. The van der Waals surface area contributed by atoms with E-state index < -0.39 is 23.6 Å². The fraction of sp³-hybridized carbons (Fsp3) is 0.436. The normalized spacial score (nSPS) is 14.6. The molecule has 8 N–H and O–H groups in total. The Hall–Kier alpha value is -7.45. The predicted octanol–water partition coefficient (Wildman–Crippen LogP) is 7.17. The van der Waals surface area contributed by atoms with Crippen LogP contribution in [0.5, 0.6) is 5.75 Å². The summed E-state index contributed by atoms with van der Waals surface area (Å²) >= 11 is 1.58. The second-order valence-electron chi connectivity index (χ2n) is 19.6. The topological polar surface area (TPSA) is 258 Å². The van der Waals surface area contributed by atoms with Gasteiger partial charge < -0.3 is 52.0 Å². The molecule has 5 aromatic rings. The molecule has 3 aromatic heterocycles. The Morgan fingerprint density at radius 1 is 0.773 bits per heavy atom. The van der Waals surface area contributed by atoms with Gasteiger partial charge in [-0.1, -0.05) is 89.6 Å². The molecule has 400 valence electrons. The molecule has 0 unspecified atom stereocenters. The van der Waals surface area contributed by atoms with E-state index in [0.717, 1.165) is 66.6 Å². The Kier molecular flexibility index (Phi) is 20.6. The molecule has 19 nitrogen and oxygen atoms in total. The first-order chi connectivity index (χ1) is 36.0. The van der Waals surface area contributed by atoms with Crippen LogP contribution in [0.1, 0.15) is 127 Å². The summed E-state index contributed by atoms with van der Waals surface area (Å²) in [5.74, 6) is -0.787. The first kappa shape index (κ1) is 56.8. The van der Waals surface area contributed by atoms with Crippen molar-refractivity contribution in [3.8, 4) is 16.2 Å². The smallest absolute Gasteiger partial charge is 0.254 e. The van der Waals surface area contributed by atoms with Gasteiger partial charge in [0, 0.05) is 65.0 Å². The molecule has 0 saturated carbocycles. The van der Waals surface area contributed by atoms with E-state index in [1.807, 2.05) is 57.5 Å². The lowest BCUT2D eigenvalue weighted by molar-refractivity contribution is -0.144. The van der Waals surface area contributed by atoms with Crippen LogP contribution in [0.15, 0.2) is 78.6 Å². The second-order valence-corrected chi connectivity index (χ2v) is 20.5. The summed E-state index contributed by atoms with van der Waals surface area (Å²) in [5, 5.41) is 31.0. The van der Waals surface area contributed by atoms with Crippen LogP contribution < -0.4 is 42.0 Å². The quantitative estimate of drug-likeness (QED) is 0.0270. The monoisotopic (exact) mass is 1050 g/mol. The fourth-order valence-electron chi connectivity index (χ4n) is 8.78. The van der Waals surface area contributed by atoms with Gasteiger partial charge in [-0.15, -0.1) is 11.3 Å². The molecule has 20 heteroatoms. The minimum absolute atomic E-state index is 0.0162. The lowest BCUT2D eigenvalue weighted by Gasteiger charge is -2.35. The van der Waals surface area contributed by atoms with Gasteiger partial charge in [-0.2, -0.15) is 0 Å². The van der Waals surface area contributed by atoms with E-state index in [4.69, 9.17) is 4.74 Å². The largest absolute Gasteiger partial charge is 0.494 e. The summed E-state index contributed by atoms with van der Waals surface area (Å²) in [6.45, 7) is 8.42. The van der Waals surface area contributed by atoms with E-state index in [0.29, 0.717) is 52.9 Å². The number of likely N-dealkylation sites (tertiary alicyclic amines) is 1. The van der Waals surface area contributed by atoms with Gasteiger partial charge in [0.05, 0.1) is 57.4 Å². The molecule has 6 amide bonds. The van der Waals surface area contributed by atoms with Crippen molar-refractivity contribution < 1.29 is 38.6 Å². The van der Waals surface area contributed by atoms with Crippen LogP contribution in [0.4, 0.5) is 23.0 Å². The van der Waals surface area contributed by atoms with Crippen molar-refractivity contribution in [1.29, 1.82) is 0 Å². The zero-order chi connectivity index (χ0) is 54.1. The van der Waals surface area contributed by atoms with E-state index in [1.54, 1.807) is 47.7 Å². The molecule has 0 spiro atoms. The van der Waals surface area contributed by atoms with E-state index in [9.17, 15) is 33.9 Å². The molecular weight excluding hydrogens is 975 g/mol. The average molecular weight is 1050 g/mol. The van der Waals surface area contributed by atoms with E-state index in [2.05, 4.69) is 52.2 Å². The fourth-order valence-corrected chi connectivity index (χ4v) is 9.59. The van der Waals surface area contributed by atoms with Gasteiger partial charge in [0.25, 0.3) is 17.7 Å². The second kappa shape index (κ2) is 27.2. The highest BCUT2D eigenvalue weighted by atomic mass is 32.1. The molecule has 1 aliphatic heterocycles. The van der Waals surface area contributed by atoms with Crippen LogP contribution in [-0.4, -0.2) is 113 Å². The molecule has 3 atom stereocenters. The molecule has 4 heterocycles. The van der Waals surface area contributed by atoms with Crippen molar-refractivity contribution in [2.45, 2.75) is 117 Å². The molecule has 1 fully saturated rings. The van der Waals surface area contributed by atoms with Crippen LogP contribution in [0.3, 0.4) is 0 Å². The van der Waals surface area contributed by atoms with Crippen LogP contribution in [-0.2, 0) is 20.9 Å². The Morgan fingerprint density at radius 2 is 1.45 bits per heavy atom. The summed E-state index contributed by atoms with van der Waals surface area (Å²) in [5.41, 5.74) is 5.94. The number of aliphatic hydroxyl groups is 1. The number of hydrogen-bond acceptors (Lipinski definition) is 14. The zero-order valence-electron chi connectivity index (χ0n) is 43.9. The van der Waals surface area contributed by atoms with E-state index >= 15 is 0 Å². The standard InChI is InChI=1S/C55H71N11O8S/c1-34-48(75-33-62-34)36-22-20-35(21-23-36)29-61-53(72)43-27-38(67)32-66(43)54(73)49(55(2,3)4)65-46(68)19-14-12-10-8-9-11-13-15-26-58-50(69)37-24-25-44(59-30-37)64-45-28-42(40(31-60-45)52(71)57-6)63-41-18-16-17-39(47(41)74-7)51(70)56-5/h16-18,20-25,28,30-31,33,38,43,49,67H,8-15,19,26-27,29,32H2,1-7H3,(H,56,70)(H,57,71)(H,58,69)(H,61,72)(H,65,68)(H2,59,60,63,64)/t38-,43+,49-/m1/s1. The molecule has 0 radical (unpaired) electrons. The van der Waals surface area contributed by atoms with Crippen molar-refractivity contribution in [2.24, 2.45) is 5.41 Å². The van der Waals surface area contributed by atoms with Gasteiger partial charge in [0.1, 0.15) is 23.7 Å². The number of para-hydroxylation sites is 1. The number of thiazole rings is 1. The number of β-amino-alcohol motifs (C(OH)–C–C–N with tert-alkyl or cyclic N) is 1. The molecule has 1 saturated heterocycles. The predicted molar refractivity (Wildman–Crippen MR) is 290 cm³/mol. The van der Waals surface area contributed by atoms with Crippen molar-refractivity contribution in [3.05, 3.63) is 107 Å². The van der Waals surface area contributed by atoms with Gasteiger partial charge in [-0.3, -0.25) is 28.8 Å². The summed E-state index contributed by atoms with van der Waals surface area (Å²) in [7, 11) is 4.50. The third-order valence-corrected chi connectivity index (χ3v) is 13.9. The number of nitrogens with zero attached hydrogens (tertiary/aromatic N) is 4. The van der Waals surface area contributed by atoms with Crippen LogP contribution in [0.25, 0.3) is 10.4 Å². The first-order valence-corrected chi connectivity index (χ1v) is 26.3. The van der Waals surface area contributed by atoms with Crippen LogP contribution in [0.2, 0.25) is 0 Å². The number of anilines is 4. The van der Waals surface area contributed by atoms with Gasteiger partial charge in [0.15, 0.2) is 5.75 Å². The van der Waals surface area contributed by atoms with E-state index in [-0.39, 0.29) is 66.9 Å². The highest BCUT2D eigenvalue weighted by Gasteiger charge is 2.44. The summed E-state index contributed by atoms with van der Waals surface area (Å²) < 4.78 is 5.55. The molecular formula is C55H71N11O8S. The van der Waals surface area contributed by atoms with E-state index in [1.165, 1.54) is 38.5 Å². The number of carbonyl (C=O) groups excluding carboxylic acids is 6. The first-order valence-electron chi connectivity index (χ1n) is 25.5. The number of pyridine rings is 2. The number of carbonyl (C=O) groups is 6. The third kappa shape index (κ3) is 15.8. The summed E-state index contributed by atoms with van der Waals surface area (Å²) in [4.78, 5) is 94.4. The number of aliphatic hydroxyl groups excluding tert-OH is 1. The minimum Gasteiger partial charge on any atom is -0.494 e. The third-order valence-electron chi connectivity index (χ3n) is 12.9. The highest BCUT2D eigenvalue weighted by Crippen LogP contribution is 2.34. The van der Waals surface area contributed by atoms with Gasteiger partial charge in [-0.25, -0.2) is 15.0 Å². The number of aromatic nitrogens is 3. The molecule has 0 aliphatic carbocycles. The molecule has 6 rings (SSSR count). The molecule has 0 bridgehead atoms. The summed E-state index contributed by atoms with van der Waals surface area (Å²) in [6, 6.07) is 16.2.